The van der Waals surface area contributed by atoms with Crippen molar-refractivity contribution in [1.82, 2.24) is 10.2 Å². The lowest BCUT2D eigenvalue weighted by Crippen LogP contribution is -2.44. The maximum Gasteiger partial charge on any atom is 0.232 e. The van der Waals surface area contributed by atoms with Gasteiger partial charge >= 0.3 is 0 Å². The minimum Gasteiger partial charge on any atom is -0.369 e. The Kier molecular flexibility index (Phi) is 6.75. The van der Waals surface area contributed by atoms with Crippen molar-refractivity contribution in [1.29, 1.82) is 0 Å². The predicted molar refractivity (Wildman–Crippen MR) is 111 cm³/mol. The summed E-state index contributed by atoms with van der Waals surface area (Å²) in [6.07, 6.45) is 1.19. The van der Waals surface area contributed by atoms with Gasteiger partial charge in [-0.15, -0.1) is 0 Å². The van der Waals surface area contributed by atoms with E-state index in [2.05, 4.69) is 22.2 Å². The molecule has 0 bridgehead atoms. The Morgan fingerprint density at radius 3 is 2.15 bits per heavy atom. The first-order valence-electron chi connectivity index (χ1n) is 9.28. The molecule has 8 heteroatoms. The van der Waals surface area contributed by atoms with Crippen LogP contribution in [-0.2, 0) is 14.8 Å². The highest BCUT2D eigenvalue weighted by atomic mass is 32.2. The molecule has 1 N–H and O–H groups in total. The number of nitrogens with zero attached hydrogens (tertiary/aromatic N) is 3. The van der Waals surface area contributed by atoms with Crippen LogP contribution in [0, 0.1) is 5.41 Å². The second-order valence-electron chi connectivity index (χ2n) is 8.15. The molecule has 27 heavy (non-hydrogen) atoms. The van der Waals surface area contributed by atoms with Crippen LogP contribution in [0.2, 0.25) is 0 Å². The molecule has 0 spiro atoms. The summed E-state index contributed by atoms with van der Waals surface area (Å²) in [6, 6.07) is 7.60. The molecular weight excluding hydrogens is 364 g/mol. The summed E-state index contributed by atoms with van der Waals surface area (Å²) in [5.74, 6) is -0.0960. The Hall–Kier alpha value is -1.80. The minimum absolute atomic E-state index is 0.0960. The third-order valence-electron chi connectivity index (χ3n) is 4.69. The van der Waals surface area contributed by atoms with Gasteiger partial charge in [0.15, 0.2) is 0 Å². The Labute approximate surface area is 163 Å². The smallest absolute Gasteiger partial charge is 0.232 e. The molecule has 1 amide bonds. The molecule has 1 aliphatic heterocycles. The van der Waals surface area contributed by atoms with Crippen molar-refractivity contribution in [2.24, 2.45) is 5.41 Å². The van der Waals surface area contributed by atoms with Gasteiger partial charge < -0.3 is 15.1 Å². The van der Waals surface area contributed by atoms with Crippen LogP contribution in [0.1, 0.15) is 20.8 Å². The summed E-state index contributed by atoms with van der Waals surface area (Å²) in [5, 5.41) is 2.80. The lowest BCUT2D eigenvalue weighted by molar-refractivity contribution is -0.128. The first-order valence-corrected chi connectivity index (χ1v) is 11.1. The SMILES string of the molecule is CN1CCN(c2ccc(N(CCNC(=O)C(C)(C)C)S(C)(=O)=O)cc2)CC1. The molecule has 7 nitrogen and oxygen atoms in total. The van der Waals surface area contributed by atoms with E-state index in [1.54, 1.807) is 0 Å². The van der Waals surface area contributed by atoms with Gasteiger partial charge in [0.05, 0.1) is 18.5 Å². The highest BCUT2D eigenvalue weighted by molar-refractivity contribution is 7.92. The van der Waals surface area contributed by atoms with Crippen LogP contribution in [-0.4, -0.2) is 71.8 Å². The number of piperazine rings is 1. The van der Waals surface area contributed by atoms with E-state index in [4.69, 9.17) is 0 Å². The number of carbonyl (C=O) groups is 1. The molecule has 1 saturated heterocycles. The molecule has 1 heterocycles. The zero-order chi connectivity index (χ0) is 20.2. The van der Waals surface area contributed by atoms with Gasteiger partial charge in [-0.05, 0) is 31.3 Å². The number of nitrogens with one attached hydrogen (secondary N) is 1. The van der Waals surface area contributed by atoms with Crippen molar-refractivity contribution in [3.05, 3.63) is 24.3 Å². The van der Waals surface area contributed by atoms with Gasteiger partial charge in [-0.1, -0.05) is 20.8 Å². The molecule has 2 rings (SSSR count). The fourth-order valence-electron chi connectivity index (χ4n) is 2.92. The summed E-state index contributed by atoms with van der Waals surface area (Å²) in [4.78, 5) is 16.6. The van der Waals surface area contributed by atoms with E-state index >= 15 is 0 Å². The Morgan fingerprint density at radius 1 is 1.11 bits per heavy atom. The largest absolute Gasteiger partial charge is 0.369 e. The quantitative estimate of drug-likeness (QED) is 0.786. The van der Waals surface area contributed by atoms with Gasteiger partial charge in [-0.25, -0.2) is 8.42 Å². The second-order valence-corrected chi connectivity index (χ2v) is 10.1. The van der Waals surface area contributed by atoms with Gasteiger partial charge in [0.25, 0.3) is 0 Å². The van der Waals surface area contributed by atoms with E-state index in [1.165, 1.54) is 10.6 Å². The van der Waals surface area contributed by atoms with Crippen molar-refractivity contribution in [3.8, 4) is 0 Å². The molecule has 0 atom stereocenters. The van der Waals surface area contributed by atoms with Gasteiger partial charge in [0.1, 0.15) is 0 Å². The number of likely N-dealkylation sites (N-methyl/N-ethyl adjacent to an activating group) is 1. The van der Waals surface area contributed by atoms with E-state index in [9.17, 15) is 13.2 Å². The van der Waals surface area contributed by atoms with Gasteiger partial charge in [0, 0.05) is 43.8 Å². The molecule has 152 valence electrons. The number of sulfonamides is 1. The molecule has 0 aliphatic carbocycles. The summed E-state index contributed by atoms with van der Waals surface area (Å²) in [7, 11) is -1.32. The number of amides is 1. The topological polar surface area (TPSA) is 73.0 Å². The maximum atomic E-state index is 12.2. The van der Waals surface area contributed by atoms with Crippen LogP contribution >= 0.6 is 0 Å². The fourth-order valence-corrected chi connectivity index (χ4v) is 3.84. The molecular formula is C19H32N4O3S. The van der Waals surface area contributed by atoms with E-state index < -0.39 is 15.4 Å². The van der Waals surface area contributed by atoms with Crippen LogP contribution in [0.5, 0.6) is 0 Å². The zero-order valence-corrected chi connectivity index (χ0v) is 17.8. The summed E-state index contributed by atoms with van der Waals surface area (Å²) >= 11 is 0. The highest BCUT2D eigenvalue weighted by Gasteiger charge is 2.22. The number of carbonyl (C=O) groups excluding carboxylic acids is 1. The number of anilines is 2. The number of benzene rings is 1. The highest BCUT2D eigenvalue weighted by Crippen LogP contribution is 2.23. The van der Waals surface area contributed by atoms with Crippen molar-refractivity contribution < 1.29 is 13.2 Å². The molecule has 1 aliphatic rings. The standard InChI is InChI=1S/C19H32N4O3S/c1-19(2,3)18(24)20-10-11-23(27(5,25)26)17-8-6-16(7-9-17)22-14-12-21(4)13-15-22/h6-9H,10-15H2,1-5H3,(H,20,24). The number of hydrogen-bond donors (Lipinski definition) is 1. The average Bonchev–Trinajstić information content (AvgIpc) is 2.57. The van der Waals surface area contributed by atoms with E-state index in [-0.39, 0.29) is 19.0 Å². The molecule has 1 aromatic rings. The van der Waals surface area contributed by atoms with E-state index in [0.717, 1.165) is 31.9 Å². The molecule has 0 aromatic heterocycles. The monoisotopic (exact) mass is 396 g/mol. The van der Waals surface area contributed by atoms with Gasteiger partial charge in [0.2, 0.25) is 15.9 Å². The van der Waals surface area contributed by atoms with Crippen molar-refractivity contribution in [2.75, 3.05) is 61.8 Å². The fraction of sp³-hybridized carbons (Fsp3) is 0.632. The summed E-state index contributed by atoms with van der Waals surface area (Å²) < 4.78 is 25.8. The third kappa shape index (κ3) is 6.10. The second kappa shape index (κ2) is 8.48. The van der Waals surface area contributed by atoms with Crippen LogP contribution in [0.3, 0.4) is 0 Å². The van der Waals surface area contributed by atoms with Crippen molar-refractivity contribution >= 4 is 27.3 Å². The molecule has 1 aromatic carbocycles. The lowest BCUT2D eigenvalue weighted by atomic mass is 9.96. The Balaban J connectivity index is 2.05. The lowest BCUT2D eigenvalue weighted by Gasteiger charge is -2.34. The first kappa shape index (κ1) is 21.5. The first-order chi connectivity index (χ1) is 12.5. The van der Waals surface area contributed by atoms with Crippen LogP contribution in [0.4, 0.5) is 11.4 Å². The van der Waals surface area contributed by atoms with E-state index in [0.29, 0.717) is 5.69 Å². The molecule has 0 unspecified atom stereocenters. The van der Waals surface area contributed by atoms with Crippen LogP contribution in [0.15, 0.2) is 24.3 Å². The van der Waals surface area contributed by atoms with Crippen LogP contribution in [0.25, 0.3) is 0 Å². The zero-order valence-electron chi connectivity index (χ0n) is 17.0. The maximum absolute atomic E-state index is 12.2. The van der Waals surface area contributed by atoms with Gasteiger partial charge in [-0.2, -0.15) is 0 Å². The minimum atomic E-state index is -3.43. The average molecular weight is 397 g/mol. The predicted octanol–water partition coefficient (Wildman–Crippen LogP) is 1.37. The summed E-state index contributed by atoms with van der Waals surface area (Å²) in [5.41, 5.74) is 1.21. The Morgan fingerprint density at radius 2 is 1.67 bits per heavy atom. The van der Waals surface area contributed by atoms with Crippen LogP contribution < -0.4 is 14.5 Å². The van der Waals surface area contributed by atoms with Crippen molar-refractivity contribution in [2.45, 2.75) is 20.8 Å². The molecule has 0 saturated carbocycles. The summed E-state index contributed by atoms with van der Waals surface area (Å²) in [6.45, 7) is 9.91. The normalized spacial score (nSPS) is 16.3. The number of hydrogen-bond acceptors (Lipinski definition) is 5. The van der Waals surface area contributed by atoms with E-state index in [1.807, 2.05) is 45.0 Å². The molecule has 1 fully saturated rings. The van der Waals surface area contributed by atoms with Crippen molar-refractivity contribution in [3.63, 3.8) is 0 Å². The van der Waals surface area contributed by atoms with Gasteiger partial charge in [-0.3, -0.25) is 9.10 Å². The Bertz CT molecular complexity index is 733. The number of rotatable bonds is 6. The third-order valence-corrected chi connectivity index (χ3v) is 5.88. The molecule has 0 radical (unpaired) electrons.